The molecule has 0 unspecified atom stereocenters. The number of nitrogens with zero attached hydrogens (tertiary/aromatic N) is 5. The van der Waals surface area contributed by atoms with Crippen LogP contribution in [-0.2, 0) is 11.3 Å². The SMILES string of the molecule is O=C1CCN(c2cnc3c(n2)N(Cc2ccc4ncccc4c2)NN3)C1. The number of carbonyl (C=O) groups is 1. The van der Waals surface area contributed by atoms with Gasteiger partial charge in [0.2, 0.25) is 0 Å². The van der Waals surface area contributed by atoms with E-state index in [1.807, 2.05) is 22.0 Å². The van der Waals surface area contributed by atoms with Crippen molar-refractivity contribution in [3.8, 4) is 0 Å². The number of fused-ring (bicyclic) bond motifs is 2. The summed E-state index contributed by atoms with van der Waals surface area (Å²) in [6, 6.07) is 10.2. The van der Waals surface area contributed by atoms with E-state index in [0.29, 0.717) is 31.9 Å². The van der Waals surface area contributed by atoms with Crippen LogP contribution in [0.5, 0.6) is 0 Å². The lowest BCUT2D eigenvalue weighted by molar-refractivity contribution is -0.116. The van der Waals surface area contributed by atoms with E-state index in [2.05, 4.69) is 39.1 Å². The van der Waals surface area contributed by atoms with Gasteiger partial charge >= 0.3 is 0 Å². The van der Waals surface area contributed by atoms with E-state index in [-0.39, 0.29) is 5.78 Å². The lowest BCUT2D eigenvalue weighted by atomic mass is 10.1. The number of carbonyl (C=O) groups excluding carboxylic acids is 1. The zero-order valence-electron chi connectivity index (χ0n) is 14.0. The summed E-state index contributed by atoms with van der Waals surface area (Å²) in [7, 11) is 0. The lowest BCUT2D eigenvalue weighted by Crippen LogP contribution is -2.35. The van der Waals surface area contributed by atoms with Crippen LogP contribution in [0.1, 0.15) is 12.0 Å². The van der Waals surface area contributed by atoms with Crippen LogP contribution in [0.15, 0.2) is 42.7 Å². The molecule has 26 heavy (non-hydrogen) atoms. The molecule has 0 amide bonds. The first-order valence-electron chi connectivity index (χ1n) is 8.53. The highest BCUT2D eigenvalue weighted by Gasteiger charge is 2.26. The van der Waals surface area contributed by atoms with Gasteiger partial charge in [-0.15, -0.1) is 5.53 Å². The molecule has 8 nitrogen and oxygen atoms in total. The molecule has 1 aromatic carbocycles. The summed E-state index contributed by atoms with van der Waals surface area (Å²) in [4.78, 5) is 27.0. The van der Waals surface area contributed by atoms with Crippen LogP contribution in [0.3, 0.4) is 0 Å². The van der Waals surface area contributed by atoms with Crippen molar-refractivity contribution in [2.24, 2.45) is 0 Å². The van der Waals surface area contributed by atoms with E-state index >= 15 is 0 Å². The molecule has 0 bridgehead atoms. The summed E-state index contributed by atoms with van der Waals surface area (Å²) in [6.07, 6.45) is 4.08. The van der Waals surface area contributed by atoms with Crippen molar-refractivity contribution in [3.63, 3.8) is 0 Å². The third-order valence-electron chi connectivity index (χ3n) is 4.67. The van der Waals surface area contributed by atoms with Gasteiger partial charge in [-0.2, -0.15) is 0 Å². The number of Topliss-reactive ketones (excluding diaryl/α,β-unsaturated/α-hetero) is 1. The molecule has 2 aliphatic heterocycles. The lowest BCUT2D eigenvalue weighted by Gasteiger charge is -2.19. The van der Waals surface area contributed by atoms with Gasteiger partial charge < -0.3 is 4.90 Å². The molecule has 0 aliphatic carbocycles. The first kappa shape index (κ1) is 15.0. The average molecular weight is 347 g/mol. The van der Waals surface area contributed by atoms with Crippen molar-refractivity contribution < 1.29 is 4.79 Å². The number of benzene rings is 1. The van der Waals surface area contributed by atoms with Gasteiger partial charge in [0.15, 0.2) is 17.4 Å². The third kappa shape index (κ3) is 2.60. The highest BCUT2D eigenvalue weighted by molar-refractivity contribution is 5.87. The standard InChI is InChI=1S/C18H17N7O/c26-14-5-7-24(11-14)16-9-20-17-18(21-16)25(23-22-17)10-12-3-4-15-13(8-12)2-1-6-19-15/h1-4,6,8-9,23H,5,7,10-11H2,(H,20,22). The number of pyridine rings is 1. The van der Waals surface area contributed by atoms with Gasteiger partial charge in [-0.05, 0) is 23.8 Å². The molecule has 1 saturated heterocycles. The summed E-state index contributed by atoms with van der Waals surface area (Å²) in [6.45, 7) is 1.73. The maximum absolute atomic E-state index is 11.5. The number of anilines is 3. The molecule has 4 heterocycles. The molecule has 3 aromatic rings. The topological polar surface area (TPSA) is 86.3 Å². The molecule has 5 rings (SSSR count). The van der Waals surface area contributed by atoms with Crippen molar-refractivity contribution >= 4 is 34.1 Å². The van der Waals surface area contributed by atoms with Crippen molar-refractivity contribution in [2.75, 3.05) is 28.4 Å². The minimum atomic E-state index is 0.241. The normalized spacial score (nSPS) is 16.2. The molecule has 1 fully saturated rings. The van der Waals surface area contributed by atoms with Crippen LogP contribution in [0.2, 0.25) is 0 Å². The Morgan fingerprint density at radius 2 is 2.15 bits per heavy atom. The fourth-order valence-electron chi connectivity index (χ4n) is 3.32. The minimum Gasteiger partial charge on any atom is -0.347 e. The van der Waals surface area contributed by atoms with Crippen LogP contribution in [0.25, 0.3) is 10.9 Å². The molecule has 2 aromatic heterocycles. The molecule has 2 aliphatic rings. The second kappa shape index (κ2) is 5.92. The highest BCUT2D eigenvalue weighted by Crippen LogP contribution is 2.29. The first-order chi connectivity index (χ1) is 12.8. The molecule has 0 atom stereocenters. The second-order valence-corrected chi connectivity index (χ2v) is 6.46. The molecule has 130 valence electrons. The van der Waals surface area contributed by atoms with Crippen molar-refractivity contribution in [3.05, 3.63) is 48.3 Å². The molecule has 8 heteroatoms. The Morgan fingerprint density at radius 3 is 3.04 bits per heavy atom. The fourth-order valence-corrected chi connectivity index (χ4v) is 3.32. The fraction of sp³-hybridized carbons (Fsp3) is 0.222. The third-order valence-corrected chi connectivity index (χ3v) is 4.67. The Kier molecular flexibility index (Phi) is 3.42. The Bertz CT molecular complexity index is 1010. The Balaban J connectivity index is 1.42. The number of rotatable bonds is 3. The largest absolute Gasteiger partial charge is 0.347 e. The molecular formula is C18H17N7O. The van der Waals surface area contributed by atoms with Gasteiger partial charge in [0.05, 0.1) is 24.8 Å². The van der Waals surface area contributed by atoms with E-state index in [9.17, 15) is 4.79 Å². The summed E-state index contributed by atoms with van der Waals surface area (Å²) >= 11 is 0. The summed E-state index contributed by atoms with van der Waals surface area (Å²) in [5, 5.41) is 3.02. The predicted octanol–water partition coefficient (Wildman–Crippen LogP) is 1.66. The van der Waals surface area contributed by atoms with E-state index in [4.69, 9.17) is 4.98 Å². The molecule has 2 N–H and O–H groups in total. The number of ketones is 1. The van der Waals surface area contributed by atoms with E-state index in [0.717, 1.165) is 28.1 Å². The van der Waals surface area contributed by atoms with Gasteiger partial charge in [-0.25, -0.2) is 9.97 Å². The second-order valence-electron chi connectivity index (χ2n) is 6.46. The number of hydrogen-bond acceptors (Lipinski definition) is 8. The summed E-state index contributed by atoms with van der Waals surface area (Å²) in [5.74, 6) is 2.38. The zero-order valence-corrected chi connectivity index (χ0v) is 14.0. The molecule has 0 radical (unpaired) electrons. The first-order valence-corrected chi connectivity index (χ1v) is 8.53. The Morgan fingerprint density at radius 1 is 1.19 bits per heavy atom. The monoisotopic (exact) mass is 347 g/mol. The molecule has 0 saturated carbocycles. The van der Waals surface area contributed by atoms with Gasteiger partial charge in [-0.1, -0.05) is 12.1 Å². The van der Waals surface area contributed by atoms with Crippen molar-refractivity contribution in [2.45, 2.75) is 13.0 Å². The maximum atomic E-state index is 11.5. The van der Waals surface area contributed by atoms with Gasteiger partial charge in [-0.3, -0.25) is 20.2 Å². The predicted molar refractivity (Wildman–Crippen MR) is 98.6 cm³/mol. The van der Waals surface area contributed by atoms with Crippen LogP contribution >= 0.6 is 0 Å². The smallest absolute Gasteiger partial charge is 0.191 e. The zero-order chi connectivity index (χ0) is 17.5. The van der Waals surface area contributed by atoms with Gasteiger partial charge in [0.25, 0.3) is 0 Å². The highest BCUT2D eigenvalue weighted by atomic mass is 16.1. The number of nitrogens with one attached hydrogen (secondary N) is 2. The average Bonchev–Trinajstić information content (AvgIpc) is 3.28. The van der Waals surface area contributed by atoms with Crippen LogP contribution in [0, 0.1) is 0 Å². The van der Waals surface area contributed by atoms with Crippen molar-refractivity contribution in [1.29, 1.82) is 0 Å². The summed E-state index contributed by atoms with van der Waals surface area (Å²) in [5.41, 5.74) is 8.25. The summed E-state index contributed by atoms with van der Waals surface area (Å²) < 4.78 is 0. The van der Waals surface area contributed by atoms with Crippen LogP contribution in [-0.4, -0.2) is 33.8 Å². The Labute approximate surface area is 149 Å². The Hall–Kier alpha value is -3.26. The van der Waals surface area contributed by atoms with Crippen molar-refractivity contribution in [1.82, 2.24) is 20.5 Å². The van der Waals surface area contributed by atoms with E-state index < -0.39 is 0 Å². The van der Waals surface area contributed by atoms with Gasteiger partial charge in [0.1, 0.15) is 5.82 Å². The van der Waals surface area contributed by atoms with Crippen LogP contribution in [0.4, 0.5) is 17.5 Å². The quantitative estimate of drug-likeness (QED) is 0.740. The van der Waals surface area contributed by atoms with Gasteiger partial charge in [0, 0.05) is 24.5 Å². The molecule has 0 spiro atoms. The number of aromatic nitrogens is 3. The van der Waals surface area contributed by atoms with E-state index in [1.54, 1.807) is 12.4 Å². The maximum Gasteiger partial charge on any atom is 0.191 e. The van der Waals surface area contributed by atoms with E-state index in [1.165, 1.54) is 0 Å². The number of hydrazine groups is 2. The number of hydrogen-bond donors (Lipinski definition) is 2. The molecular weight excluding hydrogens is 330 g/mol. The van der Waals surface area contributed by atoms with Crippen LogP contribution < -0.4 is 20.9 Å². The minimum absolute atomic E-state index is 0.241.